The van der Waals surface area contributed by atoms with Gasteiger partial charge in [0.25, 0.3) is 5.91 Å². The fourth-order valence-corrected chi connectivity index (χ4v) is 3.30. The van der Waals surface area contributed by atoms with Gasteiger partial charge in [-0.2, -0.15) is 5.10 Å². The van der Waals surface area contributed by atoms with E-state index in [1.807, 2.05) is 6.92 Å². The maximum absolute atomic E-state index is 12.2. The van der Waals surface area contributed by atoms with E-state index >= 15 is 0 Å². The van der Waals surface area contributed by atoms with Crippen molar-refractivity contribution in [3.8, 4) is 17.2 Å². The van der Waals surface area contributed by atoms with Crippen LogP contribution in [0.3, 0.4) is 0 Å². The lowest BCUT2D eigenvalue weighted by Crippen LogP contribution is -2.43. The van der Waals surface area contributed by atoms with Gasteiger partial charge in [-0.3, -0.25) is 9.59 Å². The number of ether oxygens (including phenoxy) is 3. The van der Waals surface area contributed by atoms with Gasteiger partial charge < -0.3 is 19.5 Å². The lowest BCUT2D eigenvalue weighted by Gasteiger charge is -2.13. The van der Waals surface area contributed by atoms with Crippen molar-refractivity contribution in [2.24, 2.45) is 5.10 Å². The molecule has 0 aliphatic carbocycles. The van der Waals surface area contributed by atoms with Gasteiger partial charge in [-0.15, -0.1) is 0 Å². The molecule has 31 heavy (non-hydrogen) atoms. The van der Waals surface area contributed by atoms with Crippen molar-refractivity contribution in [1.29, 1.82) is 0 Å². The summed E-state index contributed by atoms with van der Waals surface area (Å²) >= 11 is 3.43. The third-order valence-corrected chi connectivity index (χ3v) is 4.81. The summed E-state index contributed by atoms with van der Waals surface area (Å²) in [7, 11) is 3.14. The molecule has 166 valence electrons. The van der Waals surface area contributed by atoms with E-state index < -0.39 is 11.9 Å². The van der Waals surface area contributed by atoms with E-state index in [9.17, 15) is 9.59 Å². The van der Waals surface area contributed by atoms with Crippen LogP contribution in [0.4, 0.5) is 0 Å². The van der Waals surface area contributed by atoms with Gasteiger partial charge in [0.15, 0.2) is 11.5 Å². The molecule has 9 heteroatoms. The first-order chi connectivity index (χ1) is 14.9. The molecule has 8 nitrogen and oxygen atoms in total. The van der Waals surface area contributed by atoms with E-state index in [0.717, 1.165) is 5.56 Å². The molecular formula is C22H26BrN3O5. The fraction of sp³-hybridized carbons (Fsp3) is 0.318. The average Bonchev–Trinajstić information content (AvgIpc) is 2.74. The maximum atomic E-state index is 12.2. The summed E-state index contributed by atoms with van der Waals surface area (Å²) in [6.07, 6.45) is 1.64. The molecule has 1 unspecified atom stereocenters. The minimum Gasteiger partial charge on any atom is -0.497 e. The number of methoxy groups -OCH3 is 2. The molecule has 0 bridgehead atoms. The third kappa shape index (κ3) is 7.29. The molecule has 0 heterocycles. The van der Waals surface area contributed by atoms with Crippen molar-refractivity contribution in [1.82, 2.24) is 10.7 Å². The van der Waals surface area contributed by atoms with Crippen molar-refractivity contribution in [2.45, 2.75) is 26.3 Å². The largest absolute Gasteiger partial charge is 0.497 e. The number of carbonyl (C=O) groups excluding carboxylic acids is 2. The molecule has 0 saturated heterocycles. The molecule has 0 fully saturated rings. The Morgan fingerprint density at radius 3 is 2.48 bits per heavy atom. The van der Waals surface area contributed by atoms with Crippen molar-refractivity contribution in [3.63, 3.8) is 0 Å². The van der Waals surface area contributed by atoms with Crippen LogP contribution in [-0.4, -0.2) is 44.9 Å². The standard InChI is InChI=1S/C22H26BrN3O5/c1-5-31-19-11-16(10-18(23)21(19)30-4)13-24-26-22(28)14(2)25-20(27)12-15-6-8-17(29-3)9-7-15/h6-11,13-14H,5,12H2,1-4H3,(H,25,27)(H,26,28). The molecule has 0 radical (unpaired) electrons. The molecule has 2 rings (SSSR count). The highest BCUT2D eigenvalue weighted by Crippen LogP contribution is 2.36. The molecule has 2 amide bonds. The van der Waals surface area contributed by atoms with Crippen LogP contribution in [0.25, 0.3) is 0 Å². The summed E-state index contributed by atoms with van der Waals surface area (Å²) in [5.41, 5.74) is 3.95. The number of rotatable bonds is 10. The summed E-state index contributed by atoms with van der Waals surface area (Å²) in [6.45, 7) is 3.94. The van der Waals surface area contributed by atoms with Gasteiger partial charge in [-0.1, -0.05) is 12.1 Å². The van der Waals surface area contributed by atoms with E-state index in [1.165, 1.54) is 6.21 Å². The summed E-state index contributed by atoms with van der Waals surface area (Å²) in [6, 6.07) is 9.96. The maximum Gasteiger partial charge on any atom is 0.262 e. The normalized spacial score (nSPS) is 11.6. The third-order valence-electron chi connectivity index (χ3n) is 4.22. The van der Waals surface area contributed by atoms with Crippen LogP contribution in [0, 0.1) is 0 Å². The summed E-state index contributed by atoms with van der Waals surface area (Å²) in [5, 5.41) is 6.62. The Labute approximate surface area is 190 Å². The number of hydrazone groups is 1. The molecule has 1 atom stereocenters. The van der Waals surface area contributed by atoms with Gasteiger partial charge in [-0.25, -0.2) is 5.43 Å². The highest BCUT2D eigenvalue weighted by Gasteiger charge is 2.15. The minimum absolute atomic E-state index is 0.158. The molecule has 0 spiro atoms. The number of hydrogen-bond donors (Lipinski definition) is 2. The predicted molar refractivity (Wildman–Crippen MR) is 122 cm³/mol. The van der Waals surface area contributed by atoms with Gasteiger partial charge >= 0.3 is 0 Å². The molecule has 0 aliphatic heterocycles. The van der Waals surface area contributed by atoms with Gasteiger partial charge in [0, 0.05) is 0 Å². The van der Waals surface area contributed by atoms with Crippen LogP contribution in [0.5, 0.6) is 17.2 Å². The van der Waals surface area contributed by atoms with Gasteiger partial charge in [0.1, 0.15) is 11.8 Å². The Morgan fingerprint density at radius 1 is 1.16 bits per heavy atom. The van der Waals surface area contributed by atoms with Gasteiger partial charge in [0.05, 0.1) is 37.9 Å². The minimum atomic E-state index is -0.746. The van der Waals surface area contributed by atoms with Gasteiger partial charge in [-0.05, 0) is 65.2 Å². The van der Waals surface area contributed by atoms with Crippen molar-refractivity contribution >= 4 is 34.0 Å². The van der Waals surface area contributed by atoms with Gasteiger partial charge in [0.2, 0.25) is 5.91 Å². The van der Waals surface area contributed by atoms with E-state index in [2.05, 4.69) is 31.8 Å². The predicted octanol–water partition coefficient (Wildman–Crippen LogP) is 3.06. The molecule has 2 aromatic carbocycles. The molecule has 0 aliphatic rings. The van der Waals surface area contributed by atoms with Crippen LogP contribution in [0.1, 0.15) is 25.0 Å². The Hall–Kier alpha value is -3.07. The van der Waals surface area contributed by atoms with E-state index in [1.54, 1.807) is 57.5 Å². The van der Waals surface area contributed by atoms with Crippen molar-refractivity contribution in [2.75, 3.05) is 20.8 Å². The monoisotopic (exact) mass is 491 g/mol. The van der Waals surface area contributed by atoms with Crippen molar-refractivity contribution in [3.05, 3.63) is 52.0 Å². The number of carbonyl (C=O) groups is 2. The van der Waals surface area contributed by atoms with Crippen molar-refractivity contribution < 1.29 is 23.8 Å². The topological polar surface area (TPSA) is 98.2 Å². The van der Waals surface area contributed by atoms with E-state index in [0.29, 0.717) is 33.9 Å². The highest BCUT2D eigenvalue weighted by molar-refractivity contribution is 9.10. The zero-order valence-corrected chi connectivity index (χ0v) is 19.5. The Kier molecular flexibility index (Phi) is 9.33. The highest BCUT2D eigenvalue weighted by atomic mass is 79.9. The number of benzene rings is 2. The smallest absolute Gasteiger partial charge is 0.262 e. The second kappa shape index (κ2) is 11.9. The number of nitrogens with one attached hydrogen (secondary N) is 2. The summed E-state index contributed by atoms with van der Waals surface area (Å²) in [4.78, 5) is 24.4. The molecule has 2 aromatic rings. The Balaban J connectivity index is 1.90. The lowest BCUT2D eigenvalue weighted by atomic mass is 10.1. The second-order valence-corrected chi connectivity index (χ2v) is 7.37. The van der Waals surface area contributed by atoms with Crippen LogP contribution in [0.2, 0.25) is 0 Å². The summed E-state index contributed by atoms with van der Waals surface area (Å²) < 4.78 is 16.7. The summed E-state index contributed by atoms with van der Waals surface area (Å²) in [5.74, 6) is 1.16. The zero-order chi connectivity index (χ0) is 22.8. The number of hydrogen-bond acceptors (Lipinski definition) is 6. The second-order valence-electron chi connectivity index (χ2n) is 6.52. The number of nitrogens with zero attached hydrogens (tertiary/aromatic N) is 1. The molecule has 0 saturated carbocycles. The SMILES string of the molecule is CCOc1cc(C=NNC(=O)C(C)NC(=O)Cc2ccc(OC)cc2)cc(Br)c1OC. The zero-order valence-electron chi connectivity index (χ0n) is 17.9. The van der Waals surface area contributed by atoms with E-state index in [4.69, 9.17) is 14.2 Å². The number of amides is 2. The Morgan fingerprint density at radius 2 is 1.87 bits per heavy atom. The molecule has 2 N–H and O–H groups in total. The van der Waals surface area contributed by atoms with E-state index in [-0.39, 0.29) is 12.3 Å². The average molecular weight is 492 g/mol. The van der Waals surface area contributed by atoms with Crippen LogP contribution in [0.15, 0.2) is 46.0 Å². The first-order valence-electron chi connectivity index (χ1n) is 9.63. The van der Waals surface area contributed by atoms with Crippen LogP contribution < -0.4 is 25.0 Å². The van der Waals surface area contributed by atoms with Crippen LogP contribution >= 0.6 is 15.9 Å². The van der Waals surface area contributed by atoms with Crippen LogP contribution in [-0.2, 0) is 16.0 Å². The first kappa shape index (κ1) is 24.2. The Bertz CT molecular complexity index is 931. The molecule has 0 aromatic heterocycles. The lowest BCUT2D eigenvalue weighted by molar-refractivity contribution is -0.128. The first-order valence-corrected chi connectivity index (χ1v) is 10.4. The molecular weight excluding hydrogens is 466 g/mol. The fourth-order valence-electron chi connectivity index (χ4n) is 2.68. The number of halogens is 1. The quantitative estimate of drug-likeness (QED) is 0.393.